The third-order valence-corrected chi connectivity index (χ3v) is 0. The fourth-order valence-corrected chi connectivity index (χ4v) is 0. The summed E-state index contributed by atoms with van der Waals surface area (Å²) in [7, 11) is 0. The number of hydrogen-bond donors (Lipinski definition) is 2. The minimum absolute atomic E-state index is 0. The van der Waals surface area contributed by atoms with Gasteiger partial charge in [-0.15, -0.1) is 0 Å². The van der Waals surface area contributed by atoms with Crippen LogP contribution < -0.4 is 11.5 Å². The lowest BCUT2D eigenvalue weighted by Crippen LogP contribution is -2.42. The van der Waals surface area contributed by atoms with Gasteiger partial charge in [-0.25, -0.2) is 0 Å². The third kappa shape index (κ3) is 183000. The van der Waals surface area contributed by atoms with E-state index in [2.05, 4.69) is 0 Å². The molecule has 2 heteroatoms. The Hall–Kier alpha value is -0.0800. The molecule has 0 aliphatic rings. The highest BCUT2D eigenvalue weighted by molar-refractivity contribution is 4.57. The maximum absolute atomic E-state index is 5.13. The van der Waals surface area contributed by atoms with E-state index in [1.807, 2.05) is 27.7 Å². The molecule has 13 heavy (non-hydrogen) atoms. The van der Waals surface area contributed by atoms with E-state index >= 15 is 0 Å². The van der Waals surface area contributed by atoms with Crippen molar-refractivity contribution < 1.29 is 0 Å². The van der Waals surface area contributed by atoms with Crippen molar-refractivity contribution in [2.24, 2.45) is 11.5 Å². The van der Waals surface area contributed by atoms with Gasteiger partial charge in [-0.1, -0.05) is 57.4 Å². The molecule has 0 radical (unpaired) electrons. The molecule has 0 heterocycles. The van der Waals surface area contributed by atoms with Crippen LogP contribution in [0.15, 0.2) is 0 Å². The zero-order valence-corrected chi connectivity index (χ0v) is 7.65. The monoisotopic (exact) mass is 198 g/mol. The Labute approximate surface area is 89.1 Å². The number of nitrogens with two attached hydrogens (primary N) is 2. The highest BCUT2D eigenvalue weighted by Crippen LogP contribution is 1.76. The van der Waals surface area contributed by atoms with Crippen molar-refractivity contribution in [3.05, 3.63) is 0 Å². The van der Waals surface area contributed by atoms with Crippen molar-refractivity contribution in [1.29, 1.82) is 0 Å². The summed E-state index contributed by atoms with van der Waals surface area (Å²) in [5.41, 5.74) is 9.76. The third-order valence-electron chi connectivity index (χ3n) is 0. The van der Waals surface area contributed by atoms with Crippen LogP contribution in [0, 0.1) is 0 Å². The summed E-state index contributed by atoms with van der Waals surface area (Å²) in [6, 6.07) is 0. The average Bonchev–Trinajstić information content (AvgIpc) is 1.72. The van der Waals surface area contributed by atoms with E-state index in [1.54, 1.807) is 13.8 Å². The largest absolute Gasteiger partial charge is 0.314 e. The van der Waals surface area contributed by atoms with Crippen molar-refractivity contribution in [2.45, 2.75) is 76.9 Å². The van der Waals surface area contributed by atoms with Crippen molar-refractivity contribution in [3.8, 4) is 0 Å². The van der Waals surface area contributed by atoms with Crippen LogP contribution in [0.4, 0.5) is 0 Å². The molecule has 0 atom stereocenters. The first-order chi connectivity index (χ1) is 4.00. The fraction of sp³-hybridized carbons (Fsp3) is 1.00. The van der Waals surface area contributed by atoms with E-state index in [-0.39, 0.29) is 29.7 Å². The lowest BCUT2D eigenvalue weighted by atomic mass is 10.3. The van der Waals surface area contributed by atoms with Gasteiger partial charge in [-0.3, -0.25) is 0 Å². The maximum atomic E-state index is 5.13. The van der Waals surface area contributed by atoms with Gasteiger partial charge in [0.1, 0.15) is 0 Å². The Morgan fingerprint density at radius 1 is 0.615 bits per heavy atom. The van der Waals surface area contributed by atoms with E-state index in [4.69, 9.17) is 11.5 Å². The Morgan fingerprint density at radius 3 is 0.615 bits per heavy atom. The van der Waals surface area contributed by atoms with Crippen LogP contribution in [-0.2, 0) is 0 Å². The van der Waals surface area contributed by atoms with Crippen molar-refractivity contribution in [3.63, 3.8) is 0 Å². The molecule has 0 aromatic rings. The number of hydrogen-bond acceptors (Lipinski definition) is 2. The molecule has 0 fully saturated rings. The molecule has 4 N–H and O–H groups in total. The van der Waals surface area contributed by atoms with Crippen LogP contribution in [0.3, 0.4) is 0 Å². The van der Waals surface area contributed by atoms with E-state index in [0.717, 1.165) is 0 Å². The first-order valence-electron chi connectivity index (χ1n) is 3.58. The molecule has 0 saturated heterocycles. The zero-order chi connectivity index (χ0) is 8.50. The summed E-state index contributed by atoms with van der Waals surface area (Å²) >= 11 is 0. The first-order valence-corrected chi connectivity index (χ1v) is 3.58. The van der Waals surface area contributed by atoms with Gasteiger partial charge in [0, 0.05) is 0 Å². The second-order valence-electron chi connectivity index (χ2n) is 1.82. The zero-order valence-electron chi connectivity index (χ0n) is 7.65. The van der Waals surface area contributed by atoms with Crippen LogP contribution in [0.2, 0.25) is 0 Å². The molecule has 0 aromatic heterocycles. The van der Waals surface area contributed by atoms with Crippen molar-refractivity contribution >= 4 is 0 Å². The van der Waals surface area contributed by atoms with Gasteiger partial charge < -0.3 is 11.5 Å². The van der Waals surface area contributed by atoms with Crippen LogP contribution >= 0.6 is 0 Å². The Kier molecular flexibility index (Phi) is 163. The Morgan fingerprint density at radius 2 is 0.615 bits per heavy atom. The second kappa shape index (κ2) is 40.6. The van der Waals surface area contributed by atoms with Gasteiger partial charge in [0.05, 0.1) is 5.66 Å². The molecule has 0 spiro atoms. The van der Waals surface area contributed by atoms with Gasteiger partial charge in [-0.05, 0) is 13.8 Å². The van der Waals surface area contributed by atoms with Gasteiger partial charge in [0.25, 0.3) is 0 Å². The van der Waals surface area contributed by atoms with Crippen LogP contribution in [0.5, 0.6) is 0 Å². The minimum Gasteiger partial charge on any atom is -0.314 e. The van der Waals surface area contributed by atoms with Gasteiger partial charge in [0.15, 0.2) is 0 Å². The molecule has 0 amide bonds. The Bertz CT molecular complexity index is 23.6. The minimum atomic E-state index is -0.500. The summed E-state index contributed by atoms with van der Waals surface area (Å²) in [6.45, 7) is 11.5. The predicted molar refractivity (Wildman–Crippen MR) is 72.1 cm³/mol. The van der Waals surface area contributed by atoms with Gasteiger partial charge in [-0.2, -0.15) is 0 Å². The summed E-state index contributed by atoms with van der Waals surface area (Å²) in [4.78, 5) is 0. The Balaban J connectivity index is -0.00000000818. The molecule has 0 saturated carbocycles. The molecule has 2 nitrogen and oxygen atoms in total. The van der Waals surface area contributed by atoms with Gasteiger partial charge in [0.2, 0.25) is 0 Å². The first kappa shape index (κ1) is 52.4. The smallest absolute Gasteiger partial charge is 0.0578 e. The molecular formula is C11H38N2. The molecule has 0 unspecified atom stereocenters. The molecule has 0 bridgehead atoms. The van der Waals surface area contributed by atoms with E-state index < -0.39 is 5.66 Å². The molecule has 0 rings (SSSR count). The lowest BCUT2D eigenvalue weighted by molar-refractivity contribution is 0.547. The molecule has 0 aliphatic carbocycles. The predicted octanol–water partition coefficient (Wildman–Crippen LogP) is 4.24. The summed E-state index contributed by atoms with van der Waals surface area (Å²) in [5.74, 6) is 0. The highest BCUT2D eigenvalue weighted by Gasteiger charge is 1.95. The number of rotatable bonds is 0. The van der Waals surface area contributed by atoms with E-state index in [1.165, 1.54) is 0 Å². The quantitative estimate of drug-likeness (QED) is 0.572. The second-order valence-corrected chi connectivity index (χ2v) is 1.82. The molecule has 92 valence electrons. The van der Waals surface area contributed by atoms with Crippen LogP contribution in [0.25, 0.3) is 0 Å². The fourth-order valence-electron chi connectivity index (χ4n) is 0. The van der Waals surface area contributed by atoms with Crippen LogP contribution in [0.1, 0.15) is 71.2 Å². The van der Waals surface area contributed by atoms with Gasteiger partial charge >= 0.3 is 0 Å². The molecular weight excluding hydrogens is 160 g/mol. The van der Waals surface area contributed by atoms with Crippen LogP contribution in [-0.4, -0.2) is 5.66 Å². The summed E-state index contributed by atoms with van der Waals surface area (Å²) < 4.78 is 0. The lowest BCUT2D eigenvalue weighted by Gasteiger charge is -2.07. The van der Waals surface area contributed by atoms with E-state index in [9.17, 15) is 0 Å². The van der Waals surface area contributed by atoms with Crippen molar-refractivity contribution in [1.82, 2.24) is 0 Å². The highest BCUT2D eigenvalue weighted by atomic mass is 14.9. The molecule has 0 aromatic carbocycles. The normalized spacial score (nSPS) is 5.54. The standard InChI is InChI=1S/C3H10N2.2C2H6.4CH4/c1-3(2,4)5;2*1-2;;;;/h4-5H2,1-2H3;2*1-2H3;4*1H4. The maximum Gasteiger partial charge on any atom is 0.0578 e. The van der Waals surface area contributed by atoms with E-state index in [0.29, 0.717) is 0 Å². The topological polar surface area (TPSA) is 52.0 Å². The summed E-state index contributed by atoms with van der Waals surface area (Å²) in [5, 5.41) is 0. The summed E-state index contributed by atoms with van der Waals surface area (Å²) in [6.07, 6.45) is 0. The average molecular weight is 198 g/mol. The molecule has 0 aliphatic heterocycles. The van der Waals surface area contributed by atoms with Crippen molar-refractivity contribution in [2.75, 3.05) is 0 Å². The SMILES string of the molecule is C.C.C.C.CC.CC.CC(C)(N)N.